The van der Waals surface area contributed by atoms with Gasteiger partial charge in [0, 0.05) is 0 Å². The molecule has 0 spiro atoms. The van der Waals surface area contributed by atoms with Gasteiger partial charge >= 0.3 is 0 Å². The van der Waals surface area contributed by atoms with Gasteiger partial charge in [-0.25, -0.2) is 0 Å². The standard InChI is InChI=1S/C12H22O11/c13-1-4-6(16)8(18)9(19)11(21-4)23-12(3-15)10(20)7(17)5(2-14)22-12/h4-11,13-20H,1-3H2/t4-,5-,6-,7-,8+,9+,10+,11?,12?/m1/s1. The van der Waals surface area contributed by atoms with Gasteiger partial charge in [0.15, 0.2) is 6.29 Å². The van der Waals surface area contributed by atoms with Crippen LogP contribution in [0, 0.1) is 0 Å². The zero-order valence-electron chi connectivity index (χ0n) is 12.0. The van der Waals surface area contributed by atoms with E-state index < -0.39 is 74.6 Å². The first-order valence-corrected chi connectivity index (χ1v) is 7.05. The molecule has 0 bridgehead atoms. The summed E-state index contributed by atoms with van der Waals surface area (Å²) in [6, 6.07) is 0. The molecule has 136 valence electrons. The molecular weight excluding hydrogens is 320 g/mol. The van der Waals surface area contributed by atoms with Crippen molar-refractivity contribution in [1.29, 1.82) is 0 Å². The lowest BCUT2D eigenvalue weighted by molar-refractivity contribution is -0.383. The SMILES string of the molecule is OC[C@H]1OC(CO)(OC2O[C@H](CO)[C@@H](O)[C@H](O)[C@@H]2O)[C@@H](O)[C@@H]1O. The van der Waals surface area contributed by atoms with Gasteiger partial charge in [-0.15, -0.1) is 0 Å². The molecule has 23 heavy (non-hydrogen) atoms. The van der Waals surface area contributed by atoms with Crippen molar-refractivity contribution >= 4 is 0 Å². The minimum atomic E-state index is -2.22. The molecule has 2 unspecified atom stereocenters. The van der Waals surface area contributed by atoms with Crippen LogP contribution in [0.25, 0.3) is 0 Å². The third kappa shape index (κ3) is 3.23. The molecule has 11 heteroatoms. The van der Waals surface area contributed by atoms with Crippen LogP contribution in [0.3, 0.4) is 0 Å². The van der Waals surface area contributed by atoms with E-state index in [0.717, 1.165) is 0 Å². The summed E-state index contributed by atoms with van der Waals surface area (Å²) in [4.78, 5) is 0. The minimum absolute atomic E-state index is 0.669. The zero-order valence-corrected chi connectivity index (χ0v) is 12.0. The second-order valence-corrected chi connectivity index (χ2v) is 5.56. The van der Waals surface area contributed by atoms with E-state index in [1.165, 1.54) is 0 Å². The molecular formula is C12H22O11. The largest absolute Gasteiger partial charge is 0.394 e. The van der Waals surface area contributed by atoms with Crippen molar-refractivity contribution in [2.45, 2.75) is 54.8 Å². The van der Waals surface area contributed by atoms with Gasteiger partial charge in [0.2, 0.25) is 5.79 Å². The maximum Gasteiger partial charge on any atom is 0.224 e. The number of ether oxygens (including phenoxy) is 3. The van der Waals surface area contributed by atoms with Gasteiger partial charge in [0.1, 0.15) is 49.3 Å². The van der Waals surface area contributed by atoms with E-state index >= 15 is 0 Å². The van der Waals surface area contributed by atoms with E-state index in [1.54, 1.807) is 0 Å². The Hall–Kier alpha value is -0.440. The van der Waals surface area contributed by atoms with Gasteiger partial charge < -0.3 is 55.1 Å². The van der Waals surface area contributed by atoms with E-state index in [1.807, 2.05) is 0 Å². The Balaban J connectivity index is 2.18. The molecule has 0 aromatic carbocycles. The summed E-state index contributed by atoms with van der Waals surface area (Å²) in [5.41, 5.74) is 0. The molecule has 2 heterocycles. The van der Waals surface area contributed by atoms with E-state index in [0.29, 0.717) is 0 Å². The predicted molar refractivity (Wildman–Crippen MR) is 68.6 cm³/mol. The molecule has 0 aromatic heterocycles. The fraction of sp³-hybridized carbons (Fsp3) is 1.00. The molecule has 2 saturated heterocycles. The summed E-state index contributed by atoms with van der Waals surface area (Å²) in [7, 11) is 0. The highest BCUT2D eigenvalue weighted by atomic mass is 16.8. The molecule has 0 radical (unpaired) electrons. The van der Waals surface area contributed by atoms with Gasteiger partial charge in [0.05, 0.1) is 13.2 Å². The quantitative estimate of drug-likeness (QED) is 0.238. The molecule has 9 atom stereocenters. The Bertz CT molecular complexity index is 393. The maximum atomic E-state index is 10.00. The Morgan fingerprint density at radius 1 is 0.783 bits per heavy atom. The number of rotatable bonds is 5. The Morgan fingerprint density at radius 2 is 1.39 bits per heavy atom. The average molecular weight is 342 g/mol. The molecule has 8 N–H and O–H groups in total. The Kier molecular flexibility index (Phi) is 5.92. The molecule has 2 rings (SSSR count). The van der Waals surface area contributed by atoms with Gasteiger partial charge in [-0.2, -0.15) is 0 Å². The van der Waals surface area contributed by atoms with Crippen LogP contribution < -0.4 is 0 Å². The van der Waals surface area contributed by atoms with Gasteiger partial charge in [-0.05, 0) is 0 Å². The summed E-state index contributed by atoms with van der Waals surface area (Å²) in [5.74, 6) is -2.22. The first-order valence-electron chi connectivity index (χ1n) is 7.05. The van der Waals surface area contributed by atoms with Gasteiger partial charge in [-0.3, -0.25) is 0 Å². The van der Waals surface area contributed by atoms with Crippen molar-refractivity contribution in [1.82, 2.24) is 0 Å². The third-order valence-corrected chi connectivity index (χ3v) is 4.07. The van der Waals surface area contributed by atoms with Crippen LogP contribution >= 0.6 is 0 Å². The Morgan fingerprint density at radius 3 is 1.87 bits per heavy atom. The molecule has 0 aliphatic carbocycles. The molecule has 11 nitrogen and oxygen atoms in total. The van der Waals surface area contributed by atoms with E-state index in [2.05, 4.69) is 0 Å². The zero-order chi connectivity index (χ0) is 17.4. The number of hydrogen-bond acceptors (Lipinski definition) is 11. The molecule has 2 aliphatic rings. The van der Waals surface area contributed by atoms with Crippen molar-refractivity contribution in [2.75, 3.05) is 19.8 Å². The normalized spacial score (nSPS) is 51.1. The van der Waals surface area contributed by atoms with Crippen LogP contribution in [0.15, 0.2) is 0 Å². The molecule has 0 aromatic rings. The fourth-order valence-corrected chi connectivity index (χ4v) is 2.63. The lowest BCUT2D eigenvalue weighted by Gasteiger charge is -2.43. The van der Waals surface area contributed by atoms with Crippen molar-refractivity contribution in [3.63, 3.8) is 0 Å². The van der Waals surface area contributed by atoms with Crippen LogP contribution in [0.4, 0.5) is 0 Å². The highest BCUT2D eigenvalue weighted by Crippen LogP contribution is 2.35. The summed E-state index contributed by atoms with van der Waals surface area (Å²) in [5, 5.41) is 76.7. The number of hydrogen-bond donors (Lipinski definition) is 8. The van der Waals surface area contributed by atoms with Crippen LogP contribution in [-0.2, 0) is 14.2 Å². The van der Waals surface area contributed by atoms with Gasteiger partial charge in [0.25, 0.3) is 0 Å². The fourth-order valence-electron chi connectivity index (χ4n) is 2.63. The van der Waals surface area contributed by atoms with Crippen LogP contribution in [-0.4, -0.2) is 115 Å². The van der Waals surface area contributed by atoms with E-state index in [9.17, 15) is 30.6 Å². The minimum Gasteiger partial charge on any atom is -0.394 e. The molecule has 2 fully saturated rings. The van der Waals surface area contributed by atoms with E-state index in [4.69, 9.17) is 24.4 Å². The monoisotopic (exact) mass is 342 g/mol. The molecule has 2 aliphatic heterocycles. The summed E-state index contributed by atoms with van der Waals surface area (Å²) >= 11 is 0. The van der Waals surface area contributed by atoms with Crippen molar-refractivity contribution in [2.24, 2.45) is 0 Å². The van der Waals surface area contributed by atoms with Crippen molar-refractivity contribution in [3.8, 4) is 0 Å². The highest BCUT2D eigenvalue weighted by molar-refractivity contribution is 4.98. The predicted octanol–water partition coefficient (Wildman–Crippen LogP) is -5.40. The van der Waals surface area contributed by atoms with Crippen molar-refractivity contribution in [3.05, 3.63) is 0 Å². The van der Waals surface area contributed by atoms with Crippen LogP contribution in [0.2, 0.25) is 0 Å². The van der Waals surface area contributed by atoms with Crippen molar-refractivity contribution < 1.29 is 55.1 Å². The summed E-state index contributed by atoms with van der Waals surface area (Å²) < 4.78 is 15.4. The van der Waals surface area contributed by atoms with Gasteiger partial charge in [-0.1, -0.05) is 0 Å². The molecule has 0 saturated carbocycles. The summed E-state index contributed by atoms with van der Waals surface area (Å²) in [6.45, 7) is -2.32. The Labute approximate surface area is 130 Å². The average Bonchev–Trinajstić information content (AvgIpc) is 2.80. The lowest BCUT2D eigenvalue weighted by atomic mass is 9.99. The van der Waals surface area contributed by atoms with E-state index in [-0.39, 0.29) is 0 Å². The highest BCUT2D eigenvalue weighted by Gasteiger charge is 2.58. The number of aliphatic hydroxyl groups is 8. The first-order chi connectivity index (χ1) is 10.8. The smallest absolute Gasteiger partial charge is 0.224 e. The third-order valence-electron chi connectivity index (χ3n) is 4.07. The topological polar surface area (TPSA) is 190 Å². The maximum absolute atomic E-state index is 10.00. The number of aliphatic hydroxyl groups excluding tert-OH is 8. The van der Waals surface area contributed by atoms with Crippen LogP contribution in [0.5, 0.6) is 0 Å². The second-order valence-electron chi connectivity index (χ2n) is 5.56. The lowest BCUT2D eigenvalue weighted by Crippen LogP contribution is -2.62. The van der Waals surface area contributed by atoms with Crippen LogP contribution in [0.1, 0.15) is 0 Å². The first kappa shape index (κ1) is 18.9. The molecule has 0 amide bonds. The second kappa shape index (κ2) is 7.21. The summed E-state index contributed by atoms with van der Waals surface area (Å²) in [6.07, 6.45) is -12.7.